The van der Waals surface area contributed by atoms with E-state index in [0.29, 0.717) is 13.2 Å². The van der Waals surface area contributed by atoms with Gasteiger partial charge >= 0.3 is 0 Å². The number of benzene rings is 2. The second-order valence-electron chi connectivity index (χ2n) is 8.15. The van der Waals surface area contributed by atoms with Crippen LogP contribution in [0.3, 0.4) is 0 Å². The van der Waals surface area contributed by atoms with Crippen molar-refractivity contribution in [2.45, 2.75) is 26.7 Å². The lowest BCUT2D eigenvalue weighted by Gasteiger charge is -2.31. The molecule has 1 aliphatic heterocycles. The number of nitrogens with zero attached hydrogens (tertiary/aromatic N) is 3. The molecule has 0 aliphatic carbocycles. The zero-order valence-corrected chi connectivity index (χ0v) is 21.6. The van der Waals surface area contributed by atoms with Crippen LogP contribution in [0.4, 0.5) is 10.8 Å². The number of hydrogen-bond donors (Lipinski definition) is 1. The van der Waals surface area contributed by atoms with Crippen LogP contribution < -0.4 is 19.9 Å². The maximum Gasteiger partial charge on any atom is 0.223 e. The van der Waals surface area contributed by atoms with Crippen molar-refractivity contribution in [2.75, 3.05) is 49.1 Å². The van der Waals surface area contributed by atoms with Crippen LogP contribution in [0.5, 0.6) is 5.75 Å². The first-order chi connectivity index (χ1) is 16.1. The topological polar surface area (TPSA) is 57.7 Å². The zero-order chi connectivity index (χ0) is 23.2. The van der Waals surface area contributed by atoms with E-state index in [1.165, 1.54) is 5.69 Å². The number of ether oxygens (including phenoxy) is 1. The number of hydrogen-bond acceptors (Lipinski definition) is 6. The van der Waals surface area contributed by atoms with Crippen LogP contribution in [-0.4, -0.2) is 50.2 Å². The first-order valence-electron chi connectivity index (χ1n) is 11.6. The summed E-state index contributed by atoms with van der Waals surface area (Å²) < 4.78 is 7.74. The molecule has 1 aliphatic rings. The third-order valence-corrected chi connectivity index (χ3v) is 7.75. The SMILES string of the molecule is CCOc1cc2sc(N3CCC(C(=O)NCCN(CC)c4ccccc4)CC3)nc2cc1Br. The molecule has 0 atom stereocenters. The van der Waals surface area contributed by atoms with E-state index in [1.54, 1.807) is 11.3 Å². The summed E-state index contributed by atoms with van der Waals surface area (Å²) in [6.45, 7) is 8.86. The Bertz CT molecular complexity index is 1070. The molecule has 1 fully saturated rings. The summed E-state index contributed by atoms with van der Waals surface area (Å²) in [5.41, 5.74) is 2.17. The van der Waals surface area contributed by atoms with E-state index in [2.05, 4.69) is 56.2 Å². The Hall–Kier alpha value is -2.32. The molecular weight excluding hydrogens is 500 g/mol. The van der Waals surface area contributed by atoms with Gasteiger partial charge in [0.2, 0.25) is 5.91 Å². The van der Waals surface area contributed by atoms with Gasteiger partial charge in [-0.15, -0.1) is 0 Å². The van der Waals surface area contributed by atoms with Crippen molar-refractivity contribution in [3.63, 3.8) is 0 Å². The molecule has 2 heterocycles. The van der Waals surface area contributed by atoms with Crippen molar-refractivity contribution >= 4 is 54.2 Å². The van der Waals surface area contributed by atoms with Gasteiger partial charge in [0, 0.05) is 50.4 Å². The Morgan fingerprint density at radius 1 is 1.24 bits per heavy atom. The van der Waals surface area contributed by atoms with Crippen molar-refractivity contribution in [1.82, 2.24) is 10.3 Å². The molecule has 0 radical (unpaired) electrons. The van der Waals surface area contributed by atoms with E-state index in [-0.39, 0.29) is 11.8 Å². The molecule has 2 aromatic carbocycles. The Kier molecular flexibility index (Phi) is 8.09. The quantitative estimate of drug-likeness (QED) is 0.405. The molecule has 0 saturated carbocycles. The predicted octanol–water partition coefficient (Wildman–Crippen LogP) is 5.32. The summed E-state index contributed by atoms with van der Waals surface area (Å²) in [5, 5.41) is 4.18. The Balaban J connectivity index is 1.28. The number of anilines is 2. The predicted molar refractivity (Wildman–Crippen MR) is 141 cm³/mol. The molecule has 0 unspecified atom stereocenters. The highest BCUT2D eigenvalue weighted by molar-refractivity contribution is 9.10. The van der Waals surface area contributed by atoms with Gasteiger partial charge in [-0.3, -0.25) is 4.79 Å². The van der Waals surface area contributed by atoms with Gasteiger partial charge in [0.05, 0.1) is 21.3 Å². The number of amides is 1. The molecule has 6 nitrogen and oxygen atoms in total. The average Bonchev–Trinajstić information content (AvgIpc) is 3.25. The first kappa shape index (κ1) is 23.8. The van der Waals surface area contributed by atoms with Crippen LogP contribution in [0.25, 0.3) is 10.2 Å². The number of aromatic nitrogens is 1. The molecule has 1 N–H and O–H groups in total. The van der Waals surface area contributed by atoms with Gasteiger partial charge in [-0.1, -0.05) is 29.5 Å². The highest BCUT2D eigenvalue weighted by Crippen LogP contribution is 2.37. The number of carbonyl (C=O) groups excluding carboxylic acids is 1. The third kappa shape index (κ3) is 5.79. The lowest BCUT2D eigenvalue weighted by Crippen LogP contribution is -2.42. The van der Waals surface area contributed by atoms with E-state index in [4.69, 9.17) is 9.72 Å². The minimum absolute atomic E-state index is 0.0705. The van der Waals surface area contributed by atoms with Gasteiger partial charge in [0.15, 0.2) is 5.13 Å². The highest BCUT2D eigenvalue weighted by atomic mass is 79.9. The third-order valence-electron chi connectivity index (χ3n) is 6.05. The maximum atomic E-state index is 12.7. The normalized spacial score (nSPS) is 14.5. The molecule has 33 heavy (non-hydrogen) atoms. The summed E-state index contributed by atoms with van der Waals surface area (Å²) in [4.78, 5) is 22.2. The number of rotatable bonds is 9. The lowest BCUT2D eigenvalue weighted by molar-refractivity contribution is -0.125. The zero-order valence-electron chi connectivity index (χ0n) is 19.2. The molecule has 0 bridgehead atoms. The number of carbonyl (C=O) groups is 1. The van der Waals surface area contributed by atoms with Crippen LogP contribution in [0.2, 0.25) is 0 Å². The largest absolute Gasteiger partial charge is 0.493 e. The number of likely N-dealkylation sites (N-methyl/N-ethyl adjacent to an activating group) is 1. The van der Waals surface area contributed by atoms with Gasteiger partial charge in [-0.05, 0) is 60.8 Å². The van der Waals surface area contributed by atoms with Crippen LogP contribution >= 0.6 is 27.3 Å². The molecule has 1 saturated heterocycles. The van der Waals surface area contributed by atoms with Gasteiger partial charge < -0.3 is 19.9 Å². The number of fused-ring (bicyclic) bond motifs is 1. The molecule has 1 aromatic heterocycles. The fourth-order valence-corrected chi connectivity index (χ4v) is 5.69. The summed E-state index contributed by atoms with van der Waals surface area (Å²) in [7, 11) is 0. The number of piperidine rings is 1. The second kappa shape index (κ2) is 11.2. The Labute approximate surface area is 208 Å². The Morgan fingerprint density at radius 3 is 2.70 bits per heavy atom. The fourth-order valence-electron chi connectivity index (χ4n) is 4.22. The van der Waals surface area contributed by atoms with Crippen LogP contribution in [0, 0.1) is 5.92 Å². The lowest BCUT2D eigenvalue weighted by atomic mass is 9.96. The number of para-hydroxylation sites is 1. The van der Waals surface area contributed by atoms with E-state index in [9.17, 15) is 4.79 Å². The van der Waals surface area contributed by atoms with Gasteiger partial charge in [-0.25, -0.2) is 4.98 Å². The molecule has 176 valence electrons. The number of nitrogens with one attached hydrogen (secondary N) is 1. The fraction of sp³-hybridized carbons (Fsp3) is 0.440. The first-order valence-corrected chi connectivity index (χ1v) is 13.3. The summed E-state index contributed by atoms with van der Waals surface area (Å²) >= 11 is 5.26. The minimum Gasteiger partial charge on any atom is -0.493 e. The standard InChI is InChI=1S/C25H31BrN4O2S/c1-3-29(19-8-6-5-7-9-19)15-12-27-24(31)18-10-13-30(14-11-18)25-28-21-16-20(26)22(32-4-2)17-23(21)33-25/h5-9,16-18H,3-4,10-15H2,1-2H3,(H,27,31). The maximum absolute atomic E-state index is 12.7. The van der Waals surface area contributed by atoms with Gasteiger partial charge in [0.1, 0.15) is 5.75 Å². The van der Waals surface area contributed by atoms with E-state index in [1.807, 2.05) is 31.2 Å². The van der Waals surface area contributed by atoms with Crippen molar-refractivity contribution in [3.8, 4) is 5.75 Å². The molecular formula is C25H31BrN4O2S. The molecule has 8 heteroatoms. The summed E-state index contributed by atoms with van der Waals surface area (Å²) in [6.07, 6.45) is 1.71. The molecule has 0 spiro atoms. The van der Waals surface area contributed by atoms with Crippen molar-refractivity contribution in [3.05, 3.63) is 46.9 Å². The van der Waals surface area contributed by atoms with Crippen molar-refractivity contribution in [2.24, 2.45) is 5.92 Å². The number of halogens is 1. The van der Waals surface area contributed by atoms with Crippen molar-refractivity contribution < 1.29 is 9.53 Å². The van der Waals surface area contributed by atoms with Gasteiger partial charge in [-0.2, -0.15) is 0 Å². The van der Waals surface area contributed by atoms with Crippen molar-refractivity contribution in [1.29, 1.82) is 0 Å². The molecule has 3 aromatic rings. The smallest absolute Gasteiger partial charge is 0.223 e. The van der Waals surface area contributed by atoms with Gasteiger partial charge in [0.25, 0.3) is 0 Å². The average molecular weight is 532 g/mol. The van der Waals surface area contributed by atoms with Crippen LogP contribution in [0.1, 0.15) is 26.7 Å². The summed E-state index contributed by atoms with van der Waals surface area (Å²) in [6, 6.07) is 14.4. The van der Waals surface area contributed by atoms with E-state index < -0.39 is 0 Å². The molecule has 1 amide bonds. The molecule has 4 rings (SSSR count). The van der Waals surface area contributed by atoms with E-state index in [0.717, 1.165) is 64.6 Å². The number of thiazole rings is 1. The van der Waals surface area contributed by atoms with Crippen LogP contribution in [-0.2, 0) is 4.79 Å². The minimum atomic E-state index is 0.0705. The Morgan fingerprint density at radius 2 is 2.00 bits per heavy atom. The highest BCUT2D eigenvalue weighted by Gasteiger charge is 2.26. The van der Waals surface area contributed by atoms with E-state index >= 15 is 0 Å². The monoisotopic (exact) mass is 530 g/mol. The second-order valence-corrected chi connectivity index (χ2v) is 10.0. The summed E-state index contributed by atoms with van der Waals surface area (Å²) in [5.74, 6) is 1.10. The van der Waals surface area contributed by atoms with Crippen LogP contribution in [0.15, 0.2) is 46.9 Å².